The number of nitrogens with zero attached hydrogens (tertiary/aromatic N) is 1. The minimum atomic E-state index is -0.696. The first-order valence-electron chi connectivity index (χ1n) is 9.56. The quantitative estimate of drug-likeness (QED) is 0.714. The van der Waals surface area contributed by atoms with Crippen LogP contribution in [0, 0.1) is 0 Å². The van der Waals surface area contributed by atoms with Crippen molar-refractivity contribution >= 4 is 23.2 Å². The van der Waals surface area contributed by atoms with Crippen molar-refractivity contribution in [2.24, 2.45) is 0 Å². The van der Waals surface area contributed by atoms with E-state index in [4.69, 9.17) is 4.74 Å². The number of hydrogen-bond acceptors (Lipinski definition) is 3. The first kappa shape index (κ1) is 18.9. The normalized spacial score (nSPS) is 13.6. The summed E-state index contributed by atoms with van der Waals surface area (Å²) in [6.45, 7) is 0.684. The van der Waals surface area contributed by atoms with Crippen LogP contribution in [0.15, 0.2) is 78.9 Å². The molecule has 0 aromatic heterocycles. The summed E-state index contributed by atoms with van der Waals surface area (Å²) in [5.74, 6) is -0.293. The fourth-order valence-electron chi connectivity index (χ4n) is 3.63. The number of hydrogen-bond donors (Lipinski definition) is 1. The SMILES string of the molecule is COC(C(=O)Nc1ccc(C(=O)N2CCc3ccccc32)cc1)c1ccccc1. The molecule has 3 aromatic rings. The number of fused-ring (bicyclic) bond motifs is 1. The third-order valence-electron chi connectivity index (χ3n) is 5.11. The van der Waals surface area contributed by atoms with E-state index in [1.807, 2.05) is 48.5 Å². The highest BCUT2D eigenvalue weighted by atomic mass is 16.5. The Morgan fingerprint density at radius 3 is 2.34 bits per heavy atom. The summed E-state index contributed by atoms with van der Waals surface area (Å²) in [7, 11) is 1.51. The standard InChI is InChI=1S/C24H22N2O3/c1-29-22(18-8-3-2-4-9-18)23(27)25-20-13-11-19(12-14-20)24(28)26-16-15-17-7-5-6-10-21(17)26/h2-14,22H,15-16H2,1H3,(H,25,27). The van der Waals surface area contributed by atoms with Gasteiger partial charge in [0.05, 0.1) is 0 Å². The van der Waals surface area contributed by atoms with Crippen LogP contribution >= 0.6 is 0 Å². The number of methoxy groups -OCH3 is 1. The molecule has 3 aromatic carbocycles. The highest BCUT2D eigenvalue weighted by Gasteiger charge is 2.25. The average Bonchev–Trinajstić information content (AvgIpc) is 3.19. The van der Waals surface area contributed by atoms with Crippen LogP contribution in [-0.4, -0.2) is 25.5 Å². The average molecular weight is 386 g/mol. The van der Waals surface area contributed by atoms with Gasteiger partial charge in [-0.2, -0.15) is 0 Å². The van der Waals surface area contributed by atoms with E-state index in [1.54, 1.807) is 29.2 Å². The van der Waals surface area contributed by atoms with E-state index in [0.29, 0.717) is 17.8 Å². The number of anilines is 2. The molecule has 5 heteroatoms. The smallest absolute Gasteiger partial charge is 0.258 e. The second kappa shape index (κ2) is 8.29. The molecule has 0 aliphatic carbocycles. The van der Waals surface area contributed by atoms with Gasteiger partial charge < -0.3 is 15.0 Å². The maximum absolute atomic E-state index is 12.9. The summed E-state index contributed by atoms with van der Waals surface area (Å²) >= 11 is 0. The van der Waals surface area contributed by atoms with Gasteiger partial charge in [0.2, 0.25) is 0 Å². The predicted octanol–water partition coefficient (Wildman–Crippen LogP) is 4.22. The first-order valence-corrected chi connectivity index (χ1v) is 9.56. The van der Waals surface area contributed by atoms with Crippen LogP contribution < -0.4 is 10.2 Å². The van der Waals surface area contributed by atoms with Crippen molar-refractivity contribution in [3.05, 3.63) is 95.6 Å². The maximum Gasteiger partial charge on any atom is 0.258 e. The van der Waals surface area contributed by atoms with Crippen LogP contribution in [0.4, 0.5) is 11.4 Å². The summed E-state index contributed by atoms with van der Waals surface area (Å²) in [5, 5.41) is 2.85. The maximum atomic E-state index is 12.9. The molecule has 1 aliphatic heterocycles. The van der Waals surface area contributed by atoms with Crippen molar-refractivity contribution < 1.29 is 14.3 Å². The van der Waals surface area contributed by atoms with Crippen LogP contribution in [0.2, 0.25) is 0 Å². The fraction of sp³-hybridized carbons (Fsp3) is 0.167. The molecule has 1 unspecified atom stereocenters. The van der Waals surface area contributed by atoms with Crippen molar-refractivity contribution in [2.45, 2.75) is 12.5 Å². The summed E-state index contributed by atoms with van der Waals surface area (Å²) in [5.41, 5.74) is 4.15. The zero-order valence-electron chi connectivity index (χ0n) is 16.2. The molecule has 1 atom stereocenters. The van der Waals surface area contributed by atoms with Crippen LogP contribution in [0.3, 0.4) is 0 Å². The van der Waals surface area contributed by atoms with Gasteiger partial charge in [-0.05, 0) is 47.9 Å². The third kappa shape index (κ3) is 3.91. The van der Waals surface area contributed by atoms with Crippen molar-refractivity contribution in [3.8, 4) is 0 Å². The predicted molar refractivity (Wildman–Crippen MR) is 113 cm³/mol. The first-order chi connectivity index (χ1) is 14.2. The van der Waals surface area contributed by atoms with Crippen molar-refractivity contribution in [1.29, 1.82) is 0 Å². The second-order valence-corrected chi connectivity index (χ2v) is 6.93. The monoisotopic (exact) mass is 386 g/mol. The molecule has 29 heavy (non-hydrogen) atoms. The fourth-order valence-corrected chi connectivity index (χ4v) is 3.63. The van der Waals surface area contributed by atoms with E-state index >= 15 is 0 Å². The molecule has 0 radical (unpaired) electrons. The van der Waals surface area contributed by atoms with Crippen LogP contribution in [0.1, 0.15) is 27.6 Å². The molecule has 0 bridgehead atoms. The van der Waals surface area contributed by atoms with Gasteiger partial charge in [-0.1, -0.05) is 48.5 Å². The van der Waals surface area contributed by atoms with Crippen molar-refractivity contribution in [1.82, 2.24) is 0 Å². The molecular weight excluding hydrogens is 364 g/mol. The highest BCUT2D eigenvalue weighted by Crippen LogP contribution is 2.29. The summed E-state index contributed by atoms with van der Waals surface area (Å²) in [4.78, 5) is 27.3. The van der Waals surface area contributed by atoms with E-state index < -0.39 is 6.10 Å². The molecule has 0 fully saturated rings. The zero-order chi connectivity index (χ0) is 20.2. The van der Waals surface area contributed by atoms with E-state index in [2.05, 4.69) is 11.4 Å². The van der Waals surface area contributed by atoms with E-state index in [0.717, 1.165) is 17.7 Å². The van der Waals surface area contributed by atoms with Crippen LogP contribution in [-0.2, 0) is 16.0 Å². The Bertz CT molecular complexity index is 1020. The largest absolute Gasteiger partial charge is 0.367 e. The lowest BCUT2D eigenvalue weighted by molar-refractivity contribution is -0.126. The highest BCUT2D eigenvalue weighted by molar-refractivity contribution is 6.07. The van der Waals surface area contributed by atoms with Gasteiger partial charge in [-0.25, -0.2) is 0 Å². The molecule has 0 saturated carbocycles. The van der Waals surface area contributed by atoms with Gasteiger partial charge in [0.1, 0.15) is 0 Å². The van der Waals surface area contributed by atoms with Gasteiger partial charge >= 0.3 is 0 Å². The lowest BCUT2D eigenvalue weighted by Gasteiger charge is -2.18. The third-order valence-corrected chi connectivity index (χ3v) is 5.11. The molecule has 146 valence electrons. The summed E-state index contributed by atoms with van der Waals surface area (Å²) in [6, 6.07) is 24.3. The van der Waals surface area contributed by atoms with Gasteiger partial charge in [0.25, 0.3) is 11.8 Å². The number of benzene rings is 3. The number of ether oxygens (including phenoxy) is 1. The van der Waals surface area contributed by atoms with E-state index in [-0.39, 0.29) is 11.8 Å². The van der Waals surface area contributed by atoms with E-state index in [1.165, 1.54) is 12.7 Å². The van der Waals surface area contributed by atoms with Crippen LogP contribution in [0.5, 0.6) is 0 Å². The Labute approximate surface area is 169 Å². The van der Waals surface area contributed by atoms with Crippen LogP contribution in [0.25, 0.3) is 0 Å². The summed E-state index contributed by atoms with van der Waals surface area (Å²) in [6.07, 6.45) is 0.173. The molecule has 5 nitrogen and oxygen atoms in total. The Morgan fingerprint density at radius 2 is 1.62 bits per heavy atom. The number of carbonyl (C=O) groups excluding carboxylic acids is 2. The minimum absolute atomic E-state index is 0.0353. The number of para-hydroxylation sites is 1. The molecule has 1 heterocycles. The molecule has 0 saturated heterocycles. The van der Waals surface area contributed by atoms with Crippen molar-refractivity contribution in [2.75, 3.05) is 23.9 Å². The molecule has 1 aliphatic rings. The number of carbonyl (C=O) groups is 2. The molecule has 2 amide bonds. The van der Waals surface area contributed by atoms with E-state index in [9.17, 15) is 9.59 Å². The summed E-state index contributed by atoms with van der Waals surface area (Å²) < 4.78 is 5.36. The zero-order valence-corrected chi connectivity index (χ0v) is 16.2. The topological polar surface area (TPSA) is 58.6 Å². The molecule has 1 N–H and O–H groups in total. The Morgan fingerprint density at radius 1 is 0.931 bits per heavy atom. The van der Waals surface area contributed by atoms with Gasteiger partial charge in [-0.15, -0.1) is 0 Å². The lowest BCUT2D eigenvalue weighted by atomic mass is 10.1. The van der Waals surface area contributed by atoms with Gasteiger partial charge in [-0.3, -0.25) is 9.59 Å². The van der Waals surface area contributed by atoms with Gasteiger partial charge in [0.15, 0.2) is 6.10 Å². The minimum Gasteiger partial charge on any atom is -0.367 e. The molecular formula is C24H22N2O3. The lowest BCUT2D eigenvalue weighted by Crippen LogP contribution is -2.28. The number of amides is 2. The second-order valence-electron chi connectivity index (χ2n) is 6.93. The Kier molecular flexibility index (Phi) is 5.40. The number of nitrogens with one attached hydrogen (secondary N) is 1. The Hall–Kier alpha value is -3.44. The van der Waals surface area contributed by atoms with Gasteiger partial charge in [0, 0.05) is 30.6 Å². The molecule has 4 rings (SSSR count). The Balaban J connectivity index is 1.46. The van der Waals surface area contributed by atoms with Crippen molar-refractivity contribution in [3.63, 3.8) is 0 Å². The molecule has 0 spiro atoms. The number of rotatable bonds is 5.